The van der Waals surface area contributed by atoms with E-state index >= 15 is 0 Å². The molecule has 0 aliphatic heterocycles. The van der Waals surface area contributed by atoms with E-state index in [0.29, 0.717) is 41.3 Å². The van der Waals surface area contributed by atoms with E-state index in [1.165, 1.54) is 4.31 Å². The highest BCUT2D eigenvalue weighted by Crippen LogP contribution is 2.25. The van der Waals surface area contributed by atoms with E-state index in [1.807, 2.05) is 26.0 Å². The van der Waals surface area contributed by atoms with Crippen LogP contribution >= 0.6 is 0 Å². The first-order valence-electron chi connectivity index (χ1n) is 10.3. The second kappa shape index (κ2) is 8.94. The average Bonchev–Trinajstić information content (AvgIpc) is 3.28. The molecule has 8 heteroatoms. The van der Waals surface area contributed by atoms with Crippen LogP contribution in [-0.4, -0.2) is 35.8 Å². The van der Waals surface area contributed by atoms with Crippen LogP contribution in [0.4, 0.5) is 0 Å². The molecule has 4 aromatic rings. The highest BCUT2D eigenvalue weighted by molar-refractivity contribution is 7.89. The fourth-order valence-corrected chi connectivity index (χ4v) is 4.90. The molecule has 0 fully saturated rings. The Labute approximate surface area is 186 Å². The summed E-state index contributed by atoms with van der Waals surface area (Å²) in [5.41, 5.74) is 1.19. The zero-order chi connectivity index (χ0) is 22.7. The van der Waals surface area contributed by atoms with Gasteiger partial charge in [-0.1, -0.05) is 26.0 Å². The fraction of sp³-hybridized carbons (Fsp3) is 0.167. The summed E-state index contributed by atoms with van der Waals surface area (Å²) in [5.74, 6) is 1.62. The van der Waals surface area contributed by atoms with Crippen molar-refractivity contribution in [1.82, 2.24) is 14.3 Å². The Morgan fingerprint density at radius 2 is 1.69 bits per heavy atom. The van der Waals surface area contributed by atoms with Crippen LogP contribution in [0.5, 0.6) is 0 Å². The molecule has 0 saturated heterocycles. The lowest BCUT2D eigenvalue weighted by atomic mass is 10.2. The number of furan rings is 1. The second-order valence-electron chi connectivity index (χ2n) is 7.12. The van der Waals surface area contributed by atoms with Crippen LogP contribution in [0.25, 0.3) is 34.4 Å². The average molecular weight is 450 g/mol. The molecule has 0 spiro atoms. The Morgan fingerprint density at radius 3 is 2.41 bits per heavy atom. The van der Waals surface area contributed by atoms with E-state index in [1.54, 1.807) is 60.7 Å². The number of aromatic amines is 1. The smallest absolute Gasteiger partial charge is 0.259 e. The lowest BCUT2D eigenvalue weighted by Crippen LogP contribution is -2.30. The molecule has 32 heavy (non-hydrogen) atoms. The molecule has 0 amide bonds. The third-order valence-corrected chi connectivity index (χ3v) is 7.21. The van der Waals surface area contributed by atoms with E-state index in [-0.39, 0.29) is 10.5 Å². The molecule has 0 saturated carbocycles. The van der Waals surface area contributed by atoms with Crippen LogP contribution in [-0.2, 0) is 10.0 Å². The summed E-state index contributed by atoms with van der Waals surface area (Å²) in [5, 5.41) is 0.538. The van der Waals surface area contributed by atoms with Gasteiger partial charge in [0.1, 0.15) is 17.3 Å². The van der Waals surface area contributed by atoms with Crippen LogP contribution in [0.3, 0.4) is 0 Å². The van der Waals surface area contributed by atoms with Gasteiger partial charge in [0.05, 0.1) is 15.8 Å². The largest absolute Gasteiger partial charge is 0.457 e. The quantitative estimate of drug-likeness (QED) is 0.452. The number of nitrogens with one attached hydrogen (secondary N) is 1. The van der Waals surface area contributed by atoms with Gasteiger partial charge >= 0.3 is 0 Å². The third kappa shape index (κ3) is 4.28. The summed E-state index contributed by atoms with van der Waals surface area (Å²) >= 11 is 0. The van der Waals surface area contributed by atoms with Gasteiger partial charge in [-0.05, 0) is 60.7 Å². The summed E-state index contributed by atoms with van der Waals surface area (Å²) in [6, 6.07) is 17.4. The number of para-hydroxylation sites is 1. The van der Waals surface area contributed by atoms with Gasteiger partial charge in [-0.15, -0.1) is 0 Å². The molecule has 2 aromatic carbocycles. The van der Waals surface area contributed by atoms with Crippen LogP contribution in [0.2, 0.25) is 0 Å². The van der Waals surface area contributed by atoms with Gasteiger partial charge in [0.2, 0.25) is 10.0 Å². The number of rotatable bonds is 7. The summed E-state index contributed by atoms with van der Waals surface area (Å²) in [4.78, 5) is 19.6. The number of aromatic nitrogens is 2. The Hall–Kier alpha value is -3.49. The summed E-state index contributed by atoms with van der Waals surface area (Å²) in [7, 11) is -3.50. The second-order valence-corrected chi connectivity index (χ2v) is 9.06. The number of hydrogen-bond donors (Lipinski definition) is 1. The summed E-state index contributed by atoms with van der Waals surface area (Å²) in [6.07, 6.45) is 3.39. The molecule has 0 bridgehead atoms. The first kappa shape index (κ1) is 21.7. The fourth-order valence-electron chi connectivity index (χ4n) is 3.45. The van der Waals surface area contributed by atoms with Gasteiger partial charge in [-0.3, -0.25) is 4.79 Å². The number of sulfonamides is 1. The molecule has 2 aromatic heterocycles. The molecule has 2 heterocycles. The molecule has 0 radical (unpaired) electrons. The molecule has 7 nitrogen and oxygen atoms in total. The molecule has 1 N–H and O–H groups in total. The van der Waals surface area contributed by atoms with Gasteiger partial charge in [0.25, 0.3) is 5.56 Å². The van der Waals surface area contributed by atoms with Crippen molar-refractivity contribution in [1.29, 1.82) is 0 Å². The molecule has 4 rings (SSSR count). The van der Waals surface area contributed by atoms with Gasteiger partial charge < -0.3 is 9.40 Å². The SMILES string of the molecule is CCN(CC)S(=O)(=O)c1ccc(-c2ccc(/C=C/c3nc4ccccc4c(=O)[nH]3)o2)cc1. The van der Waals surface area contributed by atoms with E-state index in [2.05, 4.69) is 9.97 Å². The maximum Gasteiger partial charge on any atom is 0.259 e. The third-order valence-electron chi connectivity index (χ3n) is 5.15. The first-order valence-corrected chi connectivity index (χ1v) is 11.7. The van der Waals surface area contributed by atoms with Gasteiger partial charge in [-0.2, -0.15) is 4.31 Å². The van der Waals surface area contributed by atoms with Crippen LogP contribution in [0, 0.1) is 0 Å². The topological polar surface area (TPSA) is 96.3 Å². The molecular weight excluding hydrogens is 426 g/mol. The number of nitrogens with zero attached hydrogens (tertiary/aromatic N) is 2. The minimum Gasteiger partial charge on any atom is -0.457 e. The van der Waals surface area contributed by atoms with E-state index in [4.69, 9.17) is 4.42 Å². The molecule has 164 valence electrons. The Balaban J connectivity index is 1.55. The van der Waals surface area contributed by atoms with Crippen LogP contribution in [0.1, 0.15) is 25.4 Å². The van der Waals surface area contributed by atoms with Crippen molar-refractivity contribution in [3.05, 3.63) is 82.6 Å². The zero-order valence-corrected chi connectivity index (χ0v) is 18.6. The lowest BCUT2D eigenvalue weighted by Gasteiger charge is -2.18. The highest BCUT2D eigenvalue weighted by atomic mass is 32.2. The minimum absolute atomic E-state index is 0.199. The minimum atomic E-state index is -3.50. The van der Waals surface area contributed by atoms with Crippen molar-refractivity contribution in [3.8, 4) is 11.3 Å². The predicted octanol–water partition coefficient (Wildman–Crippen LogP) is 4.38. The molecule has 0 unspecified atom stereocenters. The number of H-pyrrole nitrogens is 1. The van der Waals surface area contributed by atoms with Crippen LogP contribution in [0.15, 0.2) is 74.8 Å². The van der Waals surface area contributed by atoms with Gasteiger partial charge in [-0.25, -0.2) is 13.4 Å². The highest BCUT2D eigenvalue weighted by Gasteiger charge is 2.21. The number of fused-ring (bicyclic) bond motifs is 1. The standard InChI is InChI=1S/C24H23N3O4S/c1-3-27(4-2)32(29,30)19-13-9-17(10-14-19)22-15-11-18(31-22)12-16-23-25-21-8-6-5-7-20(21)24(28)26-23/h5-16H,3-4H2,1-2H3,(H,25,26,28)/b16-12+. The Bertz CT molecular complexity index is 1430. The first-order chi connectivity index (χ1) is 15.4. The molecule has 0 atom stereocenters. The normalized spacial score (nSPS) is 12.2. The maximum atomic E-state index is 12.6. The van der Waals surface area contributed by atoms with Crippen molar-refractivity contribution in [2.24, 2.45) is 0 Å². The molecule has 0 aliphatic rings. The van der Waals surface area contributed by atoms with Crippen molar-refractivity contribution >= 4 is 33.1 Å². The van der Waals surface area contributed by atoms with E-state index in [9.17, 15) is 13.2 Å². The summed E-state index contributed by atoms with van der Waals surface area (Å²) < 4.78 is 32.5. The number of benzene rings is 2. The van der Waals surface area contributed by atoms with Crippen molar-refractivity contribution in [2.75, 3.05) is 13.1 Å². The predicted molar refractivity (Wildman–Crippen MR) is 126 cm³/mol. The number of hydrogen-bond acceptors (Lipinski definition) is 5. The van der Waals surface area contributed by atoms with Crippen molar-refractivity contribution in [2.45, 2.75) is 18.7 Å². The molecular formula is C24H23N3O4S. The summed E-state index contributed by atoms with van der Waals surface area (Å²) in [6.45, 7) is 4.48. The zero-order valence-electron chi connectivity index (χ0n) is 17.8. The van der Waals surface area contributed by atoms with E-state index in [0.717, 1.165) is 5.56 Å². The Morgan fingerprint density at radius 1 is 0.969 bits per heavy atom. The monoisotopic (exact) mass is 449 g/mol. The molecule has 0 aliphatic carbocycles. The van der Waals surface area contributed by atoms with Gasteiger partial charge in [0, 0.05) is 18.7 Å². The van der Waals surface area contributed by atoms with Gasteiger partial charge in [0.15, 0.2) is 0 Å². The van der Waals surface area contributed by atoms with E-state index < -0.39 is 10.0 Å². The lowest BCUT2D eigenvalue weighted by molar-refractivity contribution is 0.445. The maximum absolute atomic E-state index is 12.6. The van der Waals surface area contributed by atoms with Crippen LogP contribution < -0.4 is 5.56 Å². The Kier molecular flexibility index (Phi) is 6.07. The van der Waals surface area contributed by atoms with Crippen molar-refractivity contribution in [3.63, 3.8) is 0 Å². The van der Waals surface area contributed by atoms with Crippen molar-refractivity contribution < 1.29 is 12.8 Å².